The van der Waals surface area contributed by atoms with Gasteiger partial charge in [0.15, 0.2) is 0 Å². The Hall–Kier alpha value is -3.60. The predicted molar refractivity (Wildman–Crippen MR) is 140 cm³/mol. The van der Waals surface area contributed by atoms with Crippen LogP contribution in [-0.2, 0) is 4.79 Å². The zero-order valence-electron chi connectivity index (χ0n) is 20.7. The van der Waals surface area contributed by atoms with Gasteiger partial charge in [-0.05, 0) is 80.0 Å². The number of hydrogen-bond donors (Lipinski definition) is 2. The first-order valence-corrected chi connectivity index (χ1v) is 11.7. The predicted octanol–water partition coefficient (Wildman–Crippen LogP) is 6.91. The second kappa shape index (κ2) is 11.0. The van der Waals surface area contributed by atoms with Crippen molar-refractivity contribution in [1.29, 1.82) is 0 Å². The number of allylic oxidation sites excluding steroid dienone is 9. The molecular formula is C29H35N3O2. The second-order valence-electron chi connectivity index (χ2n) is 9.57. The number of phenols is 1. The summed E-state index contributed by atoms with van der Waals surface area (Å²) in [6, 6.07) is 6.76. The van der Waals surface area contributed by atoms with Crippen molar-refractivity contribution in [1.82, 2.24) is 9.55 Å². The van der Waals surface area contributed by atoms with Gasteiger partial charge < -0.3 is 15.0 Å². The number of imidazole rings is 1. The average molecular weight is 458 g/mol. The number of carbonyl (C=O) groups excluding carboxylic acids is 1. The van der Waals surface area contributed by atoms with E-state index >= 15 is 0 Å². The molecule has 0 aliphatic heterocycles. The topological polar surface area (TPSA) is 67.2 Å². The Balaban J connectivity index is 1.65. The molecule has 2 N–H and O–H groups in total. The van der Waals surface area contributed by atoms with E-state index in [0.29, 0.717) is 11.7 Å². The highest BCUT2D eigenvalue weighted by Gasteiger charge is 2.32. The van der Waals surface area contributed by atoms with Gasteiger partial charge in [-0.3, -0.25) is 4.79 Å². The summed E-state index contributed by atoms with van der Waals surface area (Å²) in [5.41, 5.74) is 5.54. The number of phenolic OH excluding ortho intramolecular Hbond substituents is 1. The van der Waals surface area contributed by atoms with Gasteiger partial charge in [-0.1, -0.05) is 49.8 Å². The third kappa shape index (κ3) is 6.70. The number of aromatic hydroxyl groups is 1. The summed E-state index contributed by atoms with van der Waals surface area (Å²) in [7, 11) is 0. The Morgan fingerprint density at radius 2 is 1.91 bits per heavy atom. The molecule has 0 saturated carbocycles. The molecule has 2 aromatic rings. The number of amides is 1. The van der Waals surface area contributed by atoms with Crippen LogP contribution in [-0.4, -0.2) is 20.6 Å². The minimum Gasteiger partial charge on any atom is -0.508 e. The molecule has 5 nitrogen and oxygen atoms in total. The van der Waals surface area contributed by atoms with Crippen LogP contribution < -0.4 is 5.32 Å². The normalized spacial score (nSPS) is 19.3. The zero-order chi connectivity index (χ0) is 24.7. The van der Waals surface area contributed by atoms with E-state index in [2.05, 4.69) is 54.7 Å². The molecule has 0 fully saturated rings. The van der Waals surface area contributed by atoms with Crippen LogP contribution in [0, 0.1) is 5.41 Å². The van der Waals surface area contributed by atoms with Gasteiger partial charge in [0, 0.05) is 24.2 Å². The molecule has 1 aliphatic carbocycles. The highest BCUT2D eigenvalue weighted by Crippen LogP contribution is 2.45. The van der Waals surface area contributed by atoms with E-state index in [4.69, 9.17) is 0 Å². The smallest absolute Gasteiger partial charge is 0.248 e. The Labute approximate surface area is 202 Å². The van der Waals surface area contributed by atoms with Gasteiger partial charge in [-0.15, -0.1) is 0 Å². The molecule has 0 spiro atoms. The van der Waals surface area contributed by atoms with Crippen molar-refractivity contribution in [3.05, 3.63) is 102 Å². The third-order valence-corrected chi connectivity index (χ3v) is 6.31. The average Bonchev–Trinajstić information content (AvgIpc) is 3.29. The van der Waals surface area contributed by atoms with Crippen molar-refractivity contribution < 1.29 is 9.90 Å². The number of carbonyl (C=O) groups is 1. The lowest BCUT2D eigenvalue weighted by Gasteiger charge is -2.37. The molecule has 0 saturated heterocycles. The summed E-state index contributed by atoms with van der Waals surface area (Å²) < 4.78 is 2.21. The maximum absolute atomic E-state index is 12.2. The van der Waals surface area contributed by atoms with Gasteiger partial charge in [0.25, 0.3) is 0 Å². The molecular weight excluding hydrogens is 422 g/mol. The van der Waals surface area contributed by atoms with Crippen LogP contribution in [0.15, 0.2) is 102 Å². The SMILES string of the molecule is CC(C=CC1=C(C)[C@H](n2ccnc2)CCC1(C)C)=CC=CC(C)=CC(=O)Nc1ccc(O)cc1. The third-order valence-electron chi connectivity index (χ3n) is 6.31. The number of nitrogens with one attached hydrogen (secondary N) is 1. The standard InChI is InChI=1S/C29H35N3O2/c1-21(7-6-8-22(2)19-28(34)31-24-10-12-25(33)13-11-24)9-14-26-23(3)27(15-16-29(26,4)5)32-18-17-30-20-32/h6-14,17-20,27,33H,15-16H2,1-5H3,(H,31,34)/t27-/m1/s1. The fourth-order valence-electron chi connectivity index (χ4n) is 4.35. The van der Waals surface area contributed by atoms with Crippen LogP contribution in [0.5, 0.6) is 5.75 Å². The minimum atomic E-state index is -0.206. The summed E-state index contributed by atoms with van der Waals surface area (Å²) in [5.74, 6) is -0.0387. The molecule has 5 heteroatoms. The number of rotatable bonds is 7. The van der Waals surface area contributed by atoms with Crippen molar-refractivity contribution in [3.8, 4) is 5.75 Å². The maximum atomic E-state index is 12.2. The van der Waals surface area contributed by atoms with Gasteiger partial charge in [-0.2, -0.15) is 0 Å². The van der Waals surface area contributed by atoms with Gasteiger partial charge in [-0.25, -0.2) is 4.98 Å². The van der Waals surface area contributed by atoms with Crippen molar-refractivity contribution in [2.45, 2.75) is 53.5 Å². The number of aromatic nitrogens is 2. The number of benzene rings is 1. The van der Waals surface area contributed by atoms with E-state index in [1.165, 1.54) is 23.3 Å². The molecule has 34 heavy (non-hydrogen) atoms. The molecule has 1 aliphatic rings. The lowest BCUT2D eigenvalue weighted by Crippen LogP contribution is -2.25. The fourth-order valence-corrected chi connectivity index (χ4v) is 4.35. The van der Waals surface area contributed by atoms with E-state index in [-0.39, 0.29) is 17.1 Å². The van der Waals surface area contributed by atoms with Crippen molar-refractivity contribution in [2.75, 3.05) is 5.32 Å². The molecule has 1 aromatic carbocycles. The van der Waals surface area contributed by atoms with Crippen LogP contribution in [0.4, 0.5) is 5.69 Å². The summed E-state index contributed by atoms with van der Waals surface area (Å²) in [6.45, 7) is 10.8. The van der Waals surface area contributed by atoms with Gasteiger partial charge in [0.1, 0.15) is 5.75 Å². The largest absolute Gasteiger partial charge is 0.508 e. The molecule has 0 bridgehead atoms. The Morgan fingerprint density at radius 1 is 1.18 bits per heavy atom. The van der Waals surface area contributed by atoms with E-state index in [9.17, 15) is 9.90 Å². The summed E-state index contributed by atoms with van der Waals surface area (Å²) >= 11 is 0. The first kappa shape index (κ1) is 25.0. The minimum absolute atomic E-state index is 0.137. The lowest BCUT2D eigenvalue weighted by molar-refractivity contribution is -0.111. The number of anilines is 1. The molecule has 1 amide bonds. The van der Waals surface area contributed by atoms with E-state index < -0.39 is 0 Å². The summed E-state index contributed by atoms with van der Waals surface area (Å²) in [4.78, 5) is 16.4. The van der Waals surface area contributed by atoms with Crippen LogP contribution >= 0.6 is 0 Å². The van der Waals surface area contributed by atoms with Crippen LogP contribution in [0.3, 0.4) is 0 Å². The van der Waals surface area contributed by atoms with Crippen LogP contribution in [0.2, 0.25) is 0 Å². The summed E-state index contributed by atoms with van der Waals surface area (Å²) in [5, 5.41) is 12.1. The molecule has 1 heterocycles. The highest BCUT2D eigenvalue weighted by atomic mass is 16.3. The van der Waals surface area contributed by atoms with E-state index in [1.807, 2.05) is 43.9 Å². The fraction of sp³-hybridized carbons (Fsp3) is 0.310. The van der Waals surface area contributed by atoms with Crippen molar-refractivity contribution >= 4 is 11.6 Å². The lowest BCUT2D eigenvalue weighted by atomic mass is 9.71. The maximum Gasteiger partial charge on any atom is 0.248 e. The molecule has 1 atom stereocenters. The van der Waals surface area contributed by atoms with Gasteiger partial charge in [0.05, 0.1) is 12.4 Å². The monoisotopic (exact) mass is 457 g/mol. The Morgan fingerprint density at radius 3 is 2.59 bits per heavy atom. The van der Waals surface area contributed by atoms with Gasteiger partial charge >= 0.3 is 0 Å². The first-order chi connectivity index (χ1) is 16.2. The van der Waals surface area contributed by atoms with E-state index in [0.717, 1.165) is 24.0 Å². The summed E-state index contributed by atoms with van der Waals surface area (Å²) in [6.07, 6.45) is 19.9. The molecule has 3 rings (SSSR count). The van der Waals surface area contributed by atoms with Crippen molar-refractivity contribution in [3.63, 3.8) is 0 Å². The zero-order valence-corrected chi connectivity index (χ0v) is 20.7. The second-order valence-corrected chi connectivity index (χ2v) is 9.57. The number of hydrogen-bond acceptors (Lipinski definition) is 3. The first-order valence-electron chi connectivity index (χ1n) is 11.7. The molecule has 0 unspecified atom stereocenters. The van der Waals surface area contributed by atoms with E-state index in [1.54, 1.807) is 18.2 Å². The van der Waals surface area contributed by atoms with Crippen LogP contribution in [0.1, 0.15) is 53.5 Å². The Bertz CT molecular complexity index is 1140. The molecule has 0 radical (unpaired) electrons. The quantitative estimate of drug-likeness (QED) is 0.270. The van der Waals surface area contributed by atoms with Crippen LogP contribution in [0.25, 0.3) is 0 Å². The Kier molecular flexibility index (Phi) is 8.11. The van der Waals surface area contributed by atoms with Crippen molar-refractivity contribution in [2.24, 2.45) is 5.41 Å². The highest BCUT2D eigenvalue weighted by molar-refractivity contribution is 6.00. The molecule has 178 valence electrons. The van der Waals surface area contributed by atoms with Gasteiger partial charge in [0.2, 0.25) is 5.91 Å². The number of nitrogens with zero attached hydrogens (tertiary/aromatic N) is 2. The molecule has 1 aromatic heterocycles.